The molecule has 1 aliphatic heterocycles. The number of carbonyl (C=O) groups excluding carboxylic acids is 1. The second-order valence-corrected chi connectivity index (χ2v) is 4.58. The molecule has 2 rings (SSSR count). The second kappa shape index (κ2) is 4.46. The molecule has 1 atom stereocenters. The van der Waals surface area contributed by atoms with Crippen LogP contribution in [0, 0.1) is 6.92 Å². The van der Waals surface area contributed by atoms with Crippen LogP contribution in [0.25, 0.3) is 0 Å². The number of aromatic nitrogens is 1. The Morgan fingerprint density at radius 2 is 2.47 bits per heavy atom. The summed E-state index contributed by atoms with van der Waals surface area (Å²) < 4.78 is 10.4. The van der Waals surface area contributed by atoms with Crippen LogP contribution in [0.1, 0.15) is 18.4 Å². The van der Waals surface area contributed by atoms with Gasteiger partial charge in [-0.1, -0.05) is 5.16 Å². The van der Waals surface area contributed by atoms with Crippen LogP contribution in [0.5, 0.6) is 0 Å². The third kappa shape index (κ3) is 2.65. The molecule has 1 aromatic heterocycles. The van der Waals surface area contributed by atoms with Crippen LogP contribution in [0.15, 0.2) is 10.6 Å². The SMILES string of the molecule is Cc1cc(CN2CCO[C@@](C)(C(N)=O)C2)no1. The molecule has 1 aliphatic rings. The molecular weight excluding hydrogens is 222 g/mol. The Labute approximate surface area is 99.7 Å². The van der Waals surface area contributed by atoms with Crippen LogP contribution >= 0.6 is 0 Å². The lowest BCUT2D eigenvalue weighted by Crippen LogP contribution is -2.56. The van der Waals surface area contributed by atoms with Gasteiger partial charge in [0.05, 0.1) is 12.3 Å². The van der Waals surface area contributed by atoms with Crippen molar-refractivity contribution in [3.05, 3.63) is 17.5 Å². The summed E-state index contributed by atoms with van der Waals surface area (Å²) in [6.07, 6.45) is 0. The molecule has 6 nitrogen and oxygen atoms in total. The average molecular weight is 239 g/mol. The van der Waals surface area contributed by atoms with E-state index in [9.17, 15) is 4.79 Å². The van der Waals surface area contributed by atoms with E-state index in [4.69, 9.17) is 15.0 Å². The number of ether oxygens (including phenoxy) is 1. The summed E-state index contributed by atoms with van der Waals surface area (Å²) in [5.41, 5.74) is 5.29. The predicted molar refractivity (Wildman–Crippen MR) is 60.1 cm³/mol. The van der Waals surface area contributed by atoms with Crippen LogP contribution in [0.4, 0.5) is 0 Å². The van der Waals surface area contributed by atoms with Gasteiger partial charge < -0.3 is 15.0 Å². The van der Waals surface area contributed by atoms with Crippen molar-refractivity contribution in [1.29, 1.82) is 0 Å². The van der Waals surface area contributed by atoms with Gasteiger partial charge in [-0.2, -0.15) is 0 Å². The minimum Gasteiger partial charge on any atom is -0.367 e. The lowest BCUT2D eigenvalue weighted by atomic mass is 10.0. The van der Waals surface area contributed by atoms with Gasteiger partial charge in [0.25, 0.3) is 5.91 Å². The number of amides is 1. The average Bonchev–Trinajstić information content (AvgIpc) is 2.64. The Morgan fingerprint density at radius 1 is 1.71 bits per heavy atom. The fourth-order valence-electron chi connectivity index (χ4n) is 1.96. The Kier molecular flexibility index (Phi) is 3.17. The Morgan fingerprint density at radius 3 is 3.06 bits per heavy atom. The van der Waals surface area contributed by atoms with Gasteiger partial charge in [0.15, 0.2) is 5.60 Å². The van der Waals surface area contributed by atoms with Gasteiger partial charge in [-0.05, 0) is 13.8 Å². The van der Waals surface area contributed by atoms with Crippen molar-refractivity contribution in [2.75, 3.05) is 19.7 Å². The summed E-state index contributed by atoms with van der Waals surface area (Å²) in [5, 5.41) is 3.93. The first kappa shape index (κ1) is 12.1. The Hall–Kier alpha value is -1.40. The lowest BCUT2D eigenvalue weighted by Gasteiger charge is -2.37. The molecule has 1 amide bonds. The zero-order chi connectivity index (χ0) is 12.5. The number of nitrogens with two attached hydrogens (primary N) is 1. The van der Waals surface area contributed by atoms with Crippen LogP contribution in [-0.2, 0) is 16.1 Å². The molecule has 2 N–H and O–H groups in total. The summed E-state index contributed by atoms with van der Waals surface area (Å²) in [5.74, 6) is 0.351. The molecule has 0 spiro atoms. The molecule has 0 bridgehead atoms. The summed E-state index contributed by atoms with van der Waals surface area (Å²) in [4.78, 5) is 13.4. The number of nitrogens with zero attached hydrogens (tertiary/aromatic N) is 2. The summed E-state index contributed by atoms with van der Waals surface area (Å²) in [7, 11) is 0. The highest BCUT2D eigenvalue weighted by Gasteiger charge is 2.37. The standard InChI is InChI=1S/C11H17N3O3/c1-8-5-9(13-17-8)6-14-3-4-16-11(2,7-14)10(12)15/h5H,3-4,6-7H2,1-2H3,(H2,12,15)/t11-/m1/s1. The largest absolute Gasteiger partial charge is 0.367 e. The zero-order valence-corrected chi connectivity index (χ0v) is 10.1. The van der Waals surface area contributed by atoms with E-state index in [1.165, 1.54) is 0 Å². The van der Waals surface area contributed by atoms with Gasteiger partial charge in [-0.15, -0.1) is 0 Å². The highest BCUT2D eigenvalue weighted by molar-refractivity contribution is 5.83. The van der Waals surface area contributed by atoms with Crippen LogP contribution in [0.3, 0.4) is 0 Å². The molecule has 0 aliphatic carbocycles. The van der Waals surface area contributed by atoms with E-state index >= 15 is 0 Å². The molecule has 17 heavy (non-hydrogen) atoms. The summed E-state index contributed by atoms with van der Waals surface area (Å²) in [6.45, 7) is 5.95. The molecule has 1 fully saturated rings. The summed E-state index contributed by atoms with van der Waals surface area (Å²) in [6, 6.07) is 1.89. The van der Waals surface area contributed by atoms with Crippen molar-refractivity contribution in [3.63, 3.8) is 0 Å². The number of morpholine rings is 1. The number of aryl methyl sites for hydroxylation is 1. The molecule has 1 aromatic rings. The number of hydrogen-bond donors (Lipinski definition) is 1. The number of primary amides is 1. The summed E-state index contributed by atoms with van der Waals surface area (Å²) >= 11 is 0. The molecule has 94 valence electrons. The maximum Gasteiger partial charge on any atom is 0.250 e. The van der Waals surface area contributed by atoms with Gasteiger partial charge in [-0.25, -0.2) is 0 Å². The smallest absolute Gasteiger partial charge is 0.250 e. The van der Waals surface area contributed by atoms with E-state index in [2.05, 4.69) is 10.1 Å². The minimum absolute atomic E-state index is 0.432. The minimum atomic E-state index is -0.906. The highest BCUT2D eigenvalue weighted by atomic mass is 16.5. The Balaban J connectivity index is 2.00. The third-order valence-corrected chi connectivity index (χ3v) is 2.94. The number of carbonyl (C=O) groups is 1. The topological polar surface area (TPSA) is 81.6 Å². The van der Waals surface area contributed by atoms with Crippen LogP contribution < -0.4 is 5.73 Å². The molecule has 1 saturated heterocycles. The molecule has 2 heterocycles. The van der Waals surface area contributed by atoms with E-state index in [1.807, 2.05) is 13.0 Å². The van der Waals surface area contributed by atoms with E-state index in [0.29, 0.717) is 19.7 Å². The lowest BCUT2D eigenvalue weighted by molar-refractivity contribution is -0.153. The first-order valence-electron chi connectivity index (χ1n) is 5.58. The predicted octanol–water partition coefficient (Wildman–Crippen LogP) is 0.0592. The van der Waals surface area contributed by atoms with Crippen LogP contribution in [0.2, 0.25) is 0 Å². The fraction of sp³-hybridized carbons (Fsp3) is 0.636. The van der Waals surface area contributed by atoms with Crippen molar-refractivity contribution in [2.24, 2.45) is 5.73 Å². The van der Waals surface area contributed by atoms with E-state index in [-0.39, 0.29) is 0 Å². The van der Waals surface area contributed by atoms with Crippen molar-refractivity contribution in [3.8, 4) is 0 Å². The van der Waals surface area contributed by atoms with E-state index < -0.39 is 11.5 Å². The molecular formula is C11H17N3O3. The third-order valence-electron chi connectivity index (χ3n) is 2.94. The van der Waals surface area contributed by atoms with Gasteiger partial charge >= 0.3 is 0 Å². The number of hydrogen-bond acceptors (Lipinski definition) is 5. The normalized spacial score (nSPS) is 26.0. The maximum atomic E-state index is 11.3. The Bertz CT molecular complexity index is 418. The highest BCUT2D eigenvalue weighted by Crippen LogP contribution is 2.18. The second-order valence-electron chi connectivity index (χ2n) is 4.58. The first-order valence-corrected chi connectivity index (χ1v) is 5.58. The molecule has 0 unspecified atom stereocenters. The van der Waals surface area contributed by atoms with E-state index in [0.717, 1.165) is 18.0 Å². The number of rotatable bonds is 3. The van der Waals surface area contributed by atoms with Gasteiger partial charge in [0, 0.05) is 25.7 Å². The van der Waals surface area contributed by atoms with Gasteiger partial charge in [-0.3, -0.25) is 9.69 Å². The van der Waals surface area contributed by atoms with Crippen molar-refractivity contribution in [1.82, 2.24) is 10.1 Å². The molecule has 0 saturated carbocycles. The van der Waals surface area contributed by atoms with Gasteiger partial charge in [0.1, 0.15) is 5.76 Å². The molecule has 0 aromatic carbocycles. The van der Waals surface area contributed by atoms with Crippen molar-refractivity contribution < 1.29 is 14.1 Å². The first-order chi connectivity index (χ1) is 7.99. The molecule has 6 heteroatoms. The zero-order valence-electron chi connectivity index (χ0n) is 10.1. The maximum absolute atomic E-state index is 11.3. The van der Waals surface area contributed by atoms with E-state index in [1.54, 1.807) is 6.92 Å². The van der Waals surface area contributed by atoms with Crippen molar-refractivity contribution in [2.45, 2.75) is 26.0 Å². The fourth-order valence-corrected chi connectivity index (χ4v) is 1.96. The molecule has 0 radical (unpaired) electrons. The monoisotopic (exact) mass is 239 g/mol. The quantitative estimate of drug-likeness (QED) is 0.806. The van der Waals surface area contributed by atoms with Gasteiger partial charge in [0.2, 0.25) is 0 Å². The van der Waals surface area contributed by atoms with Crippen LogP contribution in [-0.4, -0.2) is 41.3 Å². The van der Waals surface area contributed by atoms with Crippen molar-refractivity contribution >= 4 is 5.91 Å².